The first-order chi connectivity index (χ1) is 12.2. The van der Waals surface area contributed by atoms with Gasteiger partial charge in [-0.05, 0) is 42.0 Å². The molecule has 25 heavy (non-hydrogen) atoms. The first-order valence-corrected chi connectivity index (χ1v) is 9.63. The summed E-state index contributed by atoms with van der Waals surface area (Å²) in [4.78, 5) is 18.9. The molecule has 1 amide bonds. The van der Waals surface area contributed by atoms with Crippen LogP contribution < -0.4 is 0 Å². The van der Waals surface area contributed by atoms with E-state index >= 15 is 0 Å². The molecule has 10 heteroatoms. The van der Waals surface area contributed by atoms with Crippen LogP contribution in [0.1, 0.15) is 43.3 Å². The molecular weight excluding hydrogens is 342 g/mol. The Morgan fingerprint density at radius 1 is 1.36 bits per heavy atom. The first-order valence-electron chi connectivity index (χ1n) is 8.64. The lowest BCUT2D eigenvalue weighted by atomic mass is 9.95. The van der Waals surface area contributed by atoms with Crippen LogP contribution in [0.15, 0.2) is 9.68 Å². The molecule has 0 N–H and O–H groups in total. The molecule has 0 bridgehead atoms. The van der Waals surface area contributed by atoms with Crippen LogP contribution in [0, 0.1) is 5.92 Å². The van der Waals surface area contributed by atoms with Crippen molar-refractivity contribution in [1.82, 2.24) is 35.2 Å². The summed E-state index contributed by atoms with van der Waals surface area (Å²) < 4.78 is 6.95. The van der Waals surface area contributed by atoms with Crippen molar-refractivity contribution in [2.75, 3.05) is 18.8 Å². The minimum atomic E-state index is 0.127. The van der Waals surface area contributed by atoms with Crippen molar-refractivity contribution in [3.63, 3.8) is 0 Å². The summed E-state index contributed by atoms with van der Waals surface area (Å²) in [7, 11) is 1.77. The van der Waals surface area contributed by atoms with Crippen molar-refractivity contribution in [1.29, 1.82) is 0 Å². The van der Waals surface area contributed by atoms with Gasteiger partial charge in [0.2, 0.25) is 17.0 Å². The minimum absolute atomic E-state index is 0.127. The number of aryl methyl sites for hydroxylation is 1. The Morgan fingerprint density at radius 2 is 2.24 bits per heavy atom. The maximum atomic E-state index is 12.5. The fourth-order valence-electron chi connectivity index (χ4n) is 3.12. The molecule has 1 atom stereocenters. The molecular formula is C15H21N7O2S. The highest BCUT2D eigenvalue weighted by atomic mass is 32.2. The molecule has 2 aromatic heterocycles. The van der Waals surface area contributed by atoms with Crippen LogP contribution in [0.25, 0.3) is 0 Å². The monoisotopic (exact) mass is 363 g/mol. The van der Waals surface area contributed by atoms with Crippen LogP contribution in [0.3, 0.4) is 0 Å². The average Bonchev–Trinajstić information content (AvgIpc) is 3.23. The Bertz CT molecular complexity index is 742. The lowest BCUT2D eigenvalue weighted by Gasteiger charge is -2.32. The molecule has 0 aromatic carbocycles. The van der Waals surface area contributed by atoms with Crippen LogP contribution in [-0.4, -0.2) is 60.0 Å². The lowest BCUT2D eigenvalue weighted by Crippen LogP contribution is -2.41. The number of piperidine rings is 1. The number of amides is 1. The Labute approximate surface area is 149 Å². The number of rotatable bonds is 6. The predicted octanol–water partition coefficient (Wildman–Crippen LogP) is 1.04. The fraction of sp³-hybridized carbons (Fsp3) is 0.733. The van der Waals surface area contributed by atoms with Gasteiger partial charge in [-0.25, -0.2) is 4.68 Å². The van der Waals surface area contributed by atoms with Gasteiger partial charge in [0.25, 0.3) is 0 Å². The van der Waals surface area contributed by atoms with Gasteiger partial charge in [0.15, 0.2) is 5.82 Å². The topological polar surface area (TPSA) is 103 Å². The van der Waals surface area contributed by atoms with Gasteiger partial charge >= 0.3 is 0 Å². The number of carbonyl (C=O) groups excluding carboxylic acids is 1. The highest BCUT2D eigenvalue weighted by Crippen LogP contribution is 2.38. The van der Waals surface area contributed by atoms with Gasteiger partial charge < -0.3 is 9.42 Å². The summed E-state index contributed by atoms with van der Waals surface area (Å²) in [6.45, 7) is 1.56. The second-order valence-corrected chi connectivity index (χ2v) is 7.69. The summed E-state index contributed by atoms with van der Waals surface area (Å²) in [6.07, 6.45) is 5.19. The quantitative estimate of drug-likeness (QED) is 0.702. The van der Waals surface area contributed by atoms with Gasteiger partial charge in [0.1, 0.15) is 0 Å². The SMILES string of the molecule is Cn1nnnc1SCC(=O)N1CCCC(Cc2nc(C3CC3)no2)C1. The van der Waals surface area contributed by atoms with E-state index in [0.717, 1.165) is 38.2 Å². The van der Waals surface area contributed by atoms with Crippen LogP contribution in [0.5, 0.6) is 0 Å². The highest BCUT2D eigenvalue weighted by Gasteiger charge is 2.30. The van der Waals surface area contributed by atoms with E-state index in [1.54, 1.807) is 11.7 Å². The van der Waals surface area contributed by atoms with E-state index in [0.29, 0.717) is 28.6 Å². The molecule has 134 valence electrons. The Balaban J connectivity index is 1.29. The molecule has 1 saturated heterocycles. The van der Waals surface area contributed by atoms with E-state index < -0.39 is 0 Å². The second kappa shape index (κ2) is 7.11. The zero-order valence-corrected chi connectivity index (χ0v) is 15.0. The number of nitrogens with zero attached hydrogens (tertiary/aromatic N) is 7. The molecule has 2 aliphatic rings. The Hall–Kier alpha value is -1.97. The van der Waals surface area contributed by atoms with E-state index in [1.807, 2.05) is 4.90 Å². The van der Waals surface area contributed by atoms with Crippen LogP contribution >= 0.6 is 11.8 Å². The Morgan fingerprint density at radius 3 is 3.00 bits per heavy atom. The molecule has 2 aromatic rings. The van der Waals surface area contributed by atoms with E-state index in [9.17, 15) is 4.79 Å². The van der Waals surface area contributed by atoms with Crippen molar-refractivity contribution in [3.8, 4) is 0 Å². The normalized spacial score (nSPS) is 20.8. The largest absolute Gasteiger partial charge is 0.342 e. The minimum Gasteiger partial charge on any atom is -0.342 e. The molecule has 1 unspecified atom stereocenters. The van der Waals surface area contributed by atoms with E-state index in [4.69, 9.17) is 4.52 Å². The van der Waals surface area contributed by atoms with Crippen molar-refractivity contribution < 1.29 is 9.32 Å². The van der Waals surface area contributed by atoms with Gasteiger partial charge in [-0.1, -0.05) is 16.9 Å². The summed E-state index contributed by atoms with van der Waals surface area (Å²) in [6, 6.07) is 0. The smallest absolute Gasteiger partial charge is 0.233 e. The number of hydrogen-bond acceptors (Lipinski definition) is 8. The maximum Gasteiger partial charge on any atom is 0.233 e. The van der Waals surface area contributed by atoms with Crippen LogP contribution in [-0.2, 0) is 18.3 Å². The lowest BCUT2D eigenvalue weighted by molar-refractivity contribution is -0.130. The molecule has 9 nitrogen and oxygen atoms in total. The molecule has 0 spiro atoms. The number of hydrogen-bond donors (Lipinski definition) is 0. The van der Waals surface area contributed by atoms with Gasteiger partial charge in [0, 0.05) is 32.5 Å². The van der Waals surface area contributed by atoms with Crippen molar-refractivity contribution in [2.45, 2.75) is 43.2 Å². The predicted molar refractivity (Wildman–Crippen MR) is 88.8 cm³/mol. The number of thioether (sulfide) groups is 1. The molecule has 0 radical (unpaired) electrons. The molecule has 3 heterocycles. The summed E-state index contributed by atoms with van der Waals surface area (Å²) in [5, 5.41) is 16.0. The maximum absolute atomic E-state index is 12.5. The van der Waals surface area contributed by atoms with Crippen LogP contribution in [0.2, 0.25) is 0 Å². The zero-order chi connectivity index (χ0) is 17.2. The number of likely N-dealkylation sites (tertiary alicyclic amines) is 1. The summed E-state index contributed by atoms with van der Waals surface area (Å²) in [5.41, 5.74) is 0. The third-order valence-electron chi connectivity index (χ3n) is 4.67. The van der Waals surface area contributed by atoms with E-state index in [1.165, 1.54) is 24.6 Å². The zero-order valence-electron chi connectivity index (χ0n) is 14.2. The first kappa shape index (κ1) is 16.5. The van der Waals surface area contributed by atoms with Gasteiger partial charge in [-0.3, -0.25) is 4.79 Å². The molecule has 1 aliphatic heterocycles. The van der Waals surface area contributed by atoms with Crippen molar-refractivity contribution in [2.24, 2.45) is 13.0 Å². The second-order valence-electron chi connectivity index (χ2n) is 6.75. The standard InChI is InChI=1S/C15H21N7O2S/c1-21-15(17-19-20-21)25-9-13(23)22-6-2-3-10(8-22)7-12-16-14(18-24-12)11-4-5-11/h10-11H,2-9H2,1H3. The highest BCUT2D eigenvalue weighted by molar-refractivity contribution is 7.99. The van der Waals surface area contributed by atoms with Gasteiger partial charge in [-0.15, -0.1) is 5.10 Å². The summed E-state index contributed by atoms with van der Waals surface area (Å²) in [5.74, 6) is 2.93. The van der Waals surface area contributed by atoms with Crippen molar-refractivity contribution in [3.05, 3.63) is 11.7 Å². The average molecular weight is 363 g/mol. The Kier molecular flexibility index (Phi) is 4.69. The third-order valence-corrected chi connectivity index (χ3v) is 5.66. The summed E-state index contributed by atoms with van der Waals surface area (Å²) >= 11 is 1.37. The third kappa shape index (κ3) is 4.00. The van der Waals surface area contributed by atoms with Crippen LogP contribution in [0.4, 0.5) is 0 Å². The molecule has 1 aliphatic carbocycles. The molecule has 2 fully saturated rings. The number of carbonyl (C=O) groups is 1. The fourth-order valence-corrected chi connectivity index (χ4v) is 3.88. The number of aromatic nitrogens is 6. The van der Waals surface area contributed by atoms with Gasteiger partial charge in [-0.2, -0.15) is 4.98 Å². The van der Waals surface area contributed by atoms with E-state index in [-0.39, 0.29) is 5.91 Å². The molecule has 4 rings (SSSR count). The van der Waals surface area contributed by atoms with Crippen molar-refractivity contribution >= 4 is 17.7 Å². The van der Waals surface area contributed by atoms with E-state index in [2.05, 4.69) is 25.7 Å². The van der Waals surface area contributed by atoms with Gasteiger partial charge in [0.05, 0.1) is 5.75 Å². The molecule has 1 saturated carbocycles. The number of tetrazole rings is 1.